The minimum absolute atomic E-state index is 0.294. The Bertz CT molecular complexity index is 1220. The van der Waals surface area contributed by atoms with Gasteiger partial charge < -0.3 is 14.3 Å². The number of benzene rings is 2. The Balaban J connectivity index is 1.53. The Labute approximate surface area is 173 Å². The number of aromatic amines is 1. The Morgan fingerprint density at radius 1 is 1.13 bits per heavy atom. The van der Waals surface area contributed by atoms with Gasteiger partial charge in [0.15, 0.2) is 11.6 Å². The zero-order valence-corrected chi connectivity index (χ0v) is 16.6. The fourth-order valence-corrected chi connectivity index (χ4v) is 3.01. The molecule has 4 rings (SSSR count). The number of imidazole rings is 1. The number of H-pyrrole nitrogens is 1. The van der Waals surface area contributed by atoms with Gasteiger partial charge in [-0.1, -0.05) is 30.9 Å². The van der Waals surface area contributed by atoms with Crippen LogP contribution in [0, 0.1) is 12.7 Å². The van der Waals surface area contributed by atoms with Crippen LogP contribution in [0.5, 0.6) is 5.75 Å². The summed E-state index contributed by atoms with van der Waals surface area (Å²) in [5.74, 6) is 1.56. The molecule has 0 radical (unpaired) electrons. The van der Waals surface area contributed by atoms with Crippen molar-refractivity contribution in [1.82, 2.24) is 24.7 Å². The molecule has 0 fully saturated rings. The number of nitrogens with zero attached hydrogens (tertiary/aromatic N) is 4. The van der Waals surface area contributed by atoms with Crippen molar-refractivity contribution in [2.75, 3.05) is 7.11 Å². The minimum Gasteiger partial charge on any atom is -0.495 e. The summed E-state index contributed by atoms with van der Waals surface area (Å²) in [6.45, 7) is 5.96. The molecule has 2 aromatic carbocycles. The van der Waals surface area contributed by atoms with Gasteiger partial charge in [0.25, 0.3) is 0 Å². The van der Waals surface area contributed by atoms with Crippen molar-refractivity contribution in [2.45, 2.75) is 6.92 Å². The van der Waals surface area contributed by atoms with Crippen molar-refractivity contribution in [3.63, 3.8) is 0 Å². The van der Waals surface area contributed by atoms with Gasteiger partial charge in [0.05, 0.1) is 24.8 Å². The highest BCUT2D eigenvalue weighted by molar-refractivity contribution is 5.75. The molecule has 2 aromatic heterocycles. The van der Waals surface area contributed by atoms with E-state index in [4.69, 9.17) is 4.74 Å². The number of nitrogens with one attached hydrogen (secondary N) is 1. The molecule has 150 valence electrons. The van der Waals surface area contributed by atoms with Gasteiger partial charge >= 0.3 is 0 Å². The highest BCUT2D eigenvalue weighted by Crippen LogP contribution is 2.25. The van der Waals surface area contributed by atoms with Crippen LogP contribution in [-0.4, -0.2) is 31.8 Å². The van der Waals surface area contributed by atoms with E-state index in [2.05, 4.69) is 26.7 Å². The summed E-state index contributed by atoms with van der Waals surface area (Å²) in [6, 6.07) is 12.0. The smallest absolute Gasteiger partial charge is 0.161 e. The maximum absolute atomic E-state index is 13.1. The van der Waals surface area contributed by atoms with Gasteiger partial charge in [-0.2, -0.15) is 0 Å². The van der Waals surface area contributed by atoms with Crippen molar-refractivity contribution < 1.29 is 9.13 Å². The second kappa shape index (κ2) is 8.16. The van der Waals surface area contributed by atoms with Crippen LogP contribution in [0.1, 0.15) is 28.5 Å². The first-order chi connectivity index (χ1) is 14.5. The standard InChI is InChI=1S/C23H20FN5O/c1-15-13-29(14-25-15)20-10-4-17(12-21(20)30-3)5-11-22-26-23(28-27-22)16(2)18-6-8-19(24)9-7-18/h4-14H,2H2,1,3H3,(H,26,27,28)/b11-5+. The number of methoxy groups -OCH3 is 1. The zero-order chi connectivity index (χ0) is 21.1. The number of aryl methyl sites for hydroxylation is 1. The van der Waals surface area contributed by atoms with Crippen LogP contribution in [0.2, 0.25) is 0 Å². The van der Waals surface area contributed by atoms with Gasteiger partial charge in [-0.15, -0.1) is 10.2 Å². The van der Waals surface area contributed by atoms with Gasteiger partial charge in [0, 0.05) is 11.8 Å². The Morgan fingerprint density at radius 3 is 2.63 bits per heavy atom. The van der Waals surface area contributed by atoms with Gasteiger partial charge in [-0.3, -0.25) is 0 Å². The fourth-order valence-electron chi connectivity index (χ4n) is 3.01. The molecule has 0 saturated carbocycles. The lowest BCUT2D eigenvalue weighted by Crippen LogP contribution is -1.95. The summed E-state index contributed by atoms with van der Waals surface area (Å²) >= 11 is 0. The van der Waals surface area contributed by atoms with Crippen LogP contribution in [0.15, 0.2) is 61.6 Å². The lowest BCUT2D eigenvalue weighted by atomic mass is 10.1. The summed E-state index contributed by atoms with van der Waals surface area (Å²) in [5.41, 5.74) is 4.21. The van der Waals surface area contributed by atoms with Crippen LogP contribution in [0.3, 0.4) is 0 Å². The third kappa shape index (κ3) is 4.05. The SMILES string of the molecule is C=C(c1ccc(F)cc1)c1nnc(/C=C/c2ccc(-n3cnc(C)c3)c(OC)c2)[nH]1. The fraction of sp³-hybridized carbons (Fsp3) is 0.0870. The number of ether oxygens (including phenoxy) is 1. The van der Waals surface area contributed by atoms with E-state index in [1.807, 2.05) is 48.0 Å². The van der Waals surface area contributed by atoms with E-state index in [0.717, 1.165) is 28.3 Å². The maximum atomic E-state index is 13.1. The molecule has 0 amide bonds. The molecule has 0 saturated heterocycles. The molecule has 0 aliphatic heterocycles. The lowest BCUT2D eigenvalue weighted by Gasteiger charge is -2.09. The summed E-state index contributed by atoms with van der Waals surface area (Å²) in [7, 11) is 1.64. The van der Waals surface area contributed by atoms with Crippen LogP contribution < -0.4 is 4.74 Å². The number of rotatable bonds is 6. The second-order valence-corrected chi connectivity index (χ2v) is 6.73. The Morgan fingerprint density at radius 2 is 1.93 bits per heavy atom. The summed E-state index contributed by atoms with van der Waals surface area (Å²) in [6.07, 6.45) is 7.44. The number of hydrogen-bond acceptors (Lipinski definition) is 4. The zero-order valence-electron chi connectivity index (χ0n) is 16.6. The van der Waals surface area contributed by atoms with E-state index >= 15 is 0 Å². The number of hydrogen-bond donors (Lipinski definition) is 1. The maximum Gasteiger partial charge on any atom is 0.161 e. The molecule has 0 atom stereocenters. The van der Waals surface area contributed by atoms with Gasteiger partial charge in [0.2, 0.25) is 0 Å². The van der Waals surface area contributed by atoms with E-state index in [0.29, 0.717) is 17.2 Å². The molecule has 0 aliphatic rings. The molecule has 0 unspecified atom stereocenters. The average molecular weight is 401 g/mol. The first-order valence-corrected chi connectivity index (χ1v) is 9.28. The molecule has 1 N–H and O–H groups in total. The predicted molar refractivity (Wildman–Crippen MR) is 115 cm³/mol. The van der Waals surface area contributed by atoms with Gasteiger partial charge in [-0.25, -0.2) is 9.37 Å². The summed E-state index contributed by atoms with van der Waals surface area (Å²) < 4.78 is 20.6. The van der Waals surface area contributed by atoms with Crippen LogP contribution in [0.4, 0.5) is 4.39 Å². The summed E-state index contributed by atoms with van der Waals surface area (Å²) in [4.78, 5) is 7.38. The van der Waals surface area contributed by atoms with Crippen LogP contribution in [-0.2, 0) is 0 Å². The number of halogens is 1. The normalized spacial score (nSPS) is 11.2. The monoisotopic (exact) mass is 401 g/mol. The van der Waals surface area contributed by atoms with Gasteiger partial charge in [0.1, 0.15) is 11.6 Å². The van der Waals surface area contributed by atoms with Gasteiger partial charge in [-0.05, 0) is 48.4 Å². The van der Waals surface area contributed by atoms with E-state index in [1.165, 1.54) is 12.1 Å². The van der Waals surface area contributed by atoms with E-state index in [-0.39, 0.29) is 5.82 Å². The average Bonchev–Trinajstić information content (AvgIpc) is 3.41. The van der Waals surface area contributed by atoms with E-state index < -0.39 is 0 Å². The third-order valence-corrected chi connectivity index (χ3v) is 4.61. The molecule has 0 aliphatic carbocycles. The second-order valence-electron chi connectivity index (χ2n) is 6.73. The van der Waals surface area contributed by atoms with Crippen molar-refractivity contribution in [3.05, 3.63) is 95.9 Å². The third-order valence-electron chi connectivity index (χ3n) is 4.61. The summed E-state index contributed by atoms with van der Waals surface area (Å²) in [5, 5.41) is 8.27. The minimum atomic E-state index is -0.294. The van der Waals surface area contributed by atoms with E-state index in [9.17, 15) is 4.39 Å². The quantitative estimate of drug-likeness (QED) is 0.509. The molecule has 7 heteroatoms. The molecule has 0 bridgehead atoms. The topological polar surface area (TPSA) is 68.6 Å². The van der Waals surface area contributed by atoms with Crippen molar-refractivity contribution >= 4 is 17.7 Å². The lowest BCUT2D eigenvalue weighted by molar-refractivity contribution is 0.413. The van der Waals surface area contributed by atoms with Crippen LogP contribution in [0.25, 0.3) is 23.4 Å². The number of aromatic nitrogens is 5. The molecular weight excluding hydrogens is 381 g/mol. The first-order valence-electron chi connectivity index (χ1n) is 9.28. The first kappa shape index (κ1) is 19.3. The predicted octanol–water partition coefficient (Wildman–Crippen LogP) is 4.68. The molecule has 6 nitrogen and oxygen atoms in total. The van der Waals surface area contributed by atoms with Crippen molar-refractivity contribution in [2.24, 2.45) is 0 Å². The molecule has 30 heavy (non-hydrogen) atoms. The highest BCUT2D eigenvalue weighted by atomic mass is 19.1. The highest BCUT2D eigenvalue weighted by Gasteiger charge is 2.09. The van der Waals surface area contributed by atoms with Crippen LogP contribution >= 0.6 is 0 Å². The van der Waals surface area contributed by atoms with E-state index in [1.54, 1.807) is 25.6 Å². The molecule has 0 spiro atoms. The van der Waals surface area contributed by atoms with Crippen molar-refractivity contribution in [3.8, 4) is 11.4 Å². The molecule has 4 aromatic rings. The molecular formula is C23H20FN5O. The largest absolute Gasteiger partial charge is 0.495 e. The Hall–Kier alpha value is -4.00. The molecule has 2 heterocycles. The Kier molecular flexibility index (Phi) is 5.26. The van der Waals surface area contributed by atoms with Crippen molar-refractivity contribution in [1.29, 1.82) is 0 Å².